The molecule has 0 saturated carbocycles. The lowest BCUT2D eigenvalue weighted by Gasteiger charge is -2.21. The number of hydrogen-bond acceptors (Lipinski definition) is 5. The number of rotatable bonds is 6. The molecule has 3 aromatic rings. The van der Waals surface area contributed by atoms with Crippen molar-refractivity contribution in [2.45, 2.75) is 25.9 Å². The van der Waals surface area contributed by atoms with E-state index in [2.05, 4.69) is 41.4 Å². The summed E-state index contributed by atoms with van der Waals surface area (Å²) in [4.78, 5) is 18.9. The molecule has 0 saturated heterocycles. The first-order chi connectivity index (χ1) is 16.0. The number of ether oxygens (including phenoxy) is 2. The highest BCUT2D eigenvalue weighted by atomic mass is 16.5. The summed E-state index contributed by atoms with van der Waals surface area (Å²) < 4.78 is 11.1. The molecule has 0 aliphatic carbocycles. The largest absolute Gasteiger partial charge is 0.493 e. The van der Waals surface area contributed by atoms with Gasteiger partial charge in [-0.05, 0) is 65.9 Å². The predicted molar refractivity (Wildman–Crippen MR) is 129 cm³/mol. The average Bonchev–Trinajstić information content (AvgIpc) is 2.97. The van der Waals surface area contributed by atoms with Gasteiger partial charge in [0, 0.05) is 49.4 Å². The second kappa shape index (κ2) is 9.77. The molecule has 6 nitrogen and oxygen atoms in total. The lowest BCUT2D eigenvalue weighted by Crippen LogP contribution is -2.24. The van der Waals surface area contributed by atoms with Gasteiger partial charge in [0.05, 0.1) is 14.2 Å². The molecule has 1 aliphatic heterocycles. The summed E-state index contributed by atoms with van der Waals surface area (Å²) in [5.41, 5.74) is 6.01. The summed E-state index contributed by atoms with van der Waals surface area (Å²) in [7, 11) is 5.40. The zero-order valence-electron chi connectivity index (χ0n) is 19.5. The van der Waals surface area contributed by atoms with E-state index in [1.54, 1.807) is 26.6 Å². The third-order valence-corrected chi connectivity index (χ3v) is 6.08. The molecule has 0 radical (unpaired) electrons. The molecule has 1 aliphatic rings. The molecule has 33 heavy (non-hydrogen) atoms. The quantitative estimate of drug-likeness (QED) is 0.616. The normalized spacial score (nSPS) is 15.2. The van der Waals surface area contributed by atoms with E-state index in [0.717, 1.165) is 34.4 Å². The number of fused-ring (bicyclic) bond motifs is 1. The van der Waals surface area contributed by atoms with Crippen molar-refractivity contribution in [2.75, 3.05) is 21.3 Å². The van der Waals surface area contributed by atoms with Gasteiger partial charge in [-0.25, -0.2) is 0 Å². The van der Waals surface area contributed by atoms with Crippen LogP contribution in [0, 0.1) is 0 Å². The van der Waals surface area contributed by atoms with E-state index in [-0.39, 0.29) is 5.91 Å². The Hall–Kier alpha value is -3.80. The second-order valence-electron chi connectivity index (χ2n) is 8.25. The number of likely N-dealkylation sites (N-methyl/N-ethyl adjacent to an activating group) is 1. The molecule has 2 aromatic carbocycles. The first-order valence-corrected chi connectivity index (χ1v) is 11.0. The summed E-state index contributed by atoms with van der Waals surface area (Å²) in [6.07, 6.45) is 6.52. The first-order valence-electron chi connectivity index (χ1n) is 11.0. The molecule has 1 N–H and O–H groups in total. The van der Waals surface area contributed by atoms with Crippen LogP contribution < -0.4 is 14.8 Å². The third kappa shape index (κ3) is 4.85. The van der Waals surface area contributed by atoms with Crippen molar-refractivity contribution in [3.63, 3.8) is 0 Å². The van der Waals surface area contributed by atoms with Gasteiger partial charge < -0.3 is 19.7 Å². The van der Waals surface area contributed by atoms with Crippen molar-refractivity contribution in [2.24, 2.45) is 0 Å². The number of aromatic nitrogens is 1. The van der Waals surface area contributed by atoms with E-state index in [4.69, 9.17) is 9.47 Å². The number of amides is 1. The van der Waals surface area contributed by atoms with Crippen molar-refractivity contribution in [1.29, 1.82) is 0 Å². The molecule has 4 rings (SSSR count). The molecule has 170 valence electrons. The Morgan fingerprint density at radius 1 is 1.12 bits per heavy atom. The summed E-state index contributed by atoms with van der Waals surface area (Å²) in [6, 6.07) is 16.0. The lowest BCUT2D eigenvalue weighted by molar-refractivity contribution is 0.0951. The Kier molecular flexibility index (Phi) is 6.63. The number of carbonyl (C=O) groups excluding carboxylic acids is 1. The van der Waals surface area contributed by atoms with Crippen LogP contribution in [-0.4, -0.2) is 43.1 Å². The zero-order valence-corrected chi connectivity index (χ0v) is 19.5. The van der Waals surface area contributed by atoms with Crippen LogP contribution in [0.25, 0.3) is 5.57 Å². The fraction of sp³-hybridized carbons (Fsp3) is 0.259. The predicted octanol–water partition coefficient (Wildman–Crippen LogP) is 4.29. The van der Waals surface area contributed by atoms with E-state index < -0.39 is 0 Å². The summed E-state index contributed by atoms with van der Waals surface area (Å²) in [6.45, 7) is 2.65. The molecule has 1 amide bonds. The molecule has 1 aromatic heterocycles. The molecular formula is C27H29N3O3. The second-order valence-corrected chi connectivity index (χ2v) is 8.25. The van der Waals surface area contributed by atoms with Crippen LogP contribution in [0.2, 0.25) is 0 Å². The summed E-state index contributed by atoms with van der Waals surface area (Å²) >= 11 is 0. The van der Waals surface area contributed by atoms with E-state index >= 15 is 0 Å². The smallest absolute Gasteiger partial charge is 0.251 e. The van der Waals surface area contributed by atoms with Gasteiger partial charge in [0.15, 0.2) is 11.5 Å². The number of benzene rings is 2. The van der Waals surface area contributed by atoms with E-state index in [1.165, 1.54) is 5.56 Å². The zero-order chi connectivity index (χ0) is 23.4. The average molecular weight is 444 g/mol. The maximum absolute atomic E-state index is 12.6. The number of methoxy groups -OCH3 is 2. The molecule has 0 bridgehead atoms. The number of carbonyl (C=O) groups is 1. The highest BCUT2D eigenvalue weighted by Gasteiger charge is 2.22. The summed E-state index contributed by atoms with van der Waals surface area (Å²) in [5, 5.41) is 2.95. The van der Waals surface area contributed by atoms with Crippen molar-refractivity contribution >= 4 is 11.5 Å². The lowest BCUT2D eigenvalue weighted by atomic mass is 9.92. The van der Waals surface area contributed by atoms with Crippen LogP contribution >= 0.6 is 0 Å². The fourth-order valence-electron chi connectivity index (χ4n) is 4.02. The molecule has 0 fully saturated rings. The Bertz CT molecular complexity index is 1160. The molecule has 2 heterocycles. The summed E-state index contributed by atoms with van der Waals surface area (Å²) in [5.74, 6) is 1.32. The highest BCUT2D eigenvalue weighted by Crippen LogP contribution is 2.38. The Labute approximate surface area is 194 Å². The van der Waals surface area contributed by atoms with Gasteiger partial charge in [0.25, 0.3) is 5.91 Å². The van der Waals surface area contributed by atoms with E-state index in [9.17, 15) is 4.79 Å². The molecule has 6 heteroatoms. The van der Waals surface area contributed by atoms with Crippen molar-refractivity contribution < 1.29 is 14.3 Å². The standard InChI is InChI=1S/C27H29N3O3/c1-18-12-22-13-25(32-3)26(33-4)14-23(22)24(17-30(18)2)20-7-9-21(10-8-20)27(31)29-16-19-6-5-11-28-15-19/h5-11,13-15,17-18H,12,16H2,1-4H3,(H,29,31). The monoisotopic (exact) mass is 443 g/mol. The van der Waals surface area contributed by atoms with Crippen molar-refractivity contribution in [3.05, 3.63) is 94.9 Å². The SMILES string of the molecule is COc1cc2c(cc1OC)C(c1ccc(C(=O)NCc3cccnc3)cc1)=CN(C)C(C)C2. The van der Waals surface area contributed by atoms with Crippen molar-refractivity contribution in [1.82, 2.24) is 15.2 Å². The molecular weight excluding hydrogens is 414 g/mol. The number of nitrogens with one attached hydrogen (secondary N) is 1. The van der Waals surface area contributed by atoms with Gasteiger partial charge in [-0.15, -0.1) is 0 Å². The Balaban J connectivity index is 1.62. The van der Waals surface area contributed by atoms with Gasteiger partial charge in [-0.2, -0.15) is 0 Å². The van der Waals surface area contributed by atoms with Crippen LogP contribution in [0.15, 0.2) is 67.1 Å². The maximum atomic E-state index is 12.6. The fourth-order valence-corrected chi connectivity index (χ4v) is 4.02. The molecule has 0 spiro atoms. The Morgan fingerprint density at radius 3 is 2.52 bits per heavy atom. The van der Waals surface area contributed by atoms with E-state index in [0.29, 0.717) is 23.9 Å². The van der Waals surface area contributed by atoms with Gasteiger partial charge >= 0.3 is 0 Å². The van der Waals surface area contributed by atoms with Crippen LogP contribution in [0.3, 0.4) is 0 Å². The Morgan fingerprint density at radius 2 is 1.85 bits per heavy atom. The van der Waals surface area contributed by atoms with Crippen LogP contribution in [-0.2, 0) is 13.0 Å². The maximum Gasteiger partial charge on any atom is 0.251 e. The number of pyridine rings is 1. The van der Waals surface area contributed by atoms with Gasteiger partial charge in [0.2, 0.25) is 0 Å². The minimum absolute atomic E-state index is 0.113. The van der Waals surface area contributed by atoms with Crippen LogP contribution in [0.5, 0.6) is 11.5 Å². The highest BCUT2D eigenvalue weighted by molar-refractivity contribution is 5.95. The van der Waals surface area contributed by atoms with Crippen LogP contribution in [0.1, 0.15) is 39.5 Å². The minimum Gasteiger partial charge on any atom is -0.493 e. The number of nitrogens with zero attached hydrogens (tertiary/aromatic N) is 2. The van der Waals surface area contributed by atoms with Crippen molar-refractivity contribution in [3.8, 4) is 11.5 Å². The molecule has 1 atom stereocenters. The topological polar surface area (TPSA) is 63.7 Å². The molecule has 1 unspecified atom stereocenters. The first kappa shape index (κ1) is 22.4. The van der Waals surface area contributed by atoms with E-state index in [1.807, 2.05) is 42.5 Å². The van der Waals surface area contributed by atoms with Gasteiger partial charge in [-0.3, -0.25) is 9.78 Å². The van der Waals surface area contributed by atoms with Gasteiger partial charge in [0.1, 0.15) is 0 Å². The van der Waals surface area contributed by atoms with Crippen LogP contribution in [0.4, 0.5) is 0 Å². The van der Waals surface area contributed by atoms with Gasteiger partial charge in [-0.1, -0.05) is 18.2 Å². The number of hydrogen-bond donors (Lipinski definition) is 1. The third-order valence-electron chi connectivity index (χ3n) is 6.08. The minimum atomic E-state index is -0.113.